The summed E-state index contributed by atoms with van der Waals surface area (Å²) in [6, 6.07) is 8.42. The van der Waals surface area contributed by atoms with Crippen LogP contribution in [0.5, 0.6) is 0 Å². The van der Waals surface area contributed by atoms with Gasteiger partial charge in [-0.25, -0.2) is 0 Å². The second kappa shape index (κ2) is 4.99. The molecule has 1 aromatic rings. The fourth-order valence-electron chi connectivity index (χ4n) is 2.40. The van der Waals surface area contributed by atoms with Crippen molar-refractivity contribution >= 4 is 5.91 Å². The summed E-state index contributed by atoms with van der Waals surface area (Å²) in [4.78, 5) is 14.3. The van der Waals surface area contributed by atoms with Gasteiger partial charge in [-0.15, -0.1) is 0 Å². The Morgan fingerprint density at radius 2 is 1.74 bits per heavy atom. The molecule has 1 aromatic carbocycles. The van der Waals surface area contributed by atoms with Crippen LogP contribution in [0.1, 0.15) is 56.5 Å². The van der Waals surface area contributed by atoms with Crippen molar-refractivity contribution in [2.24, 2.45) is 5.92 Å². The molecule has 2 nitrogen and oxygen atoms in total. The molecule has 0 spiro atoms. The van der Waals surface area contributed by atoms with E-state index in [1.807, 2.05) is 24.1 Å². The minimum absolute atomic E-state index is 0.134. The van der Waals surface area contributed by atoms with Crippen molar-refractivity contribution in [1.82, 2.24) is 4.90 Å². The molecule has 0 saturated heterocycles. The highest BCUT2D eigenvalue weighted by Gasteiger charge is 2.32. The largest absolute Gasteiger partial charge is 0.339 e. The number of carbonyl (C=O) groups excluding carboxylic acids is 1. The maximum Gasteiger partial charge on any atom is 0.253 e. The summed E-state index contributed by atoms with van der Waals surface area (Å²) in [6.07, 6.45) is 2.53. The van der Waals surface area contributed by atoms with Crippen molar-refractivity contribution in [1.29, 1.82) is 0 Å². The van der Waals surface area contributed by atoms with Crippen molar-refractivity contribution in [2.45, 2.75) is 52.0 Å². The Hall–Kier alpha value is -1.31. The molecular formula is C17H25NO. The van der Waals surface area contributed by atoms with Gasteiger partial charge in [-0.1, -0.05) is 32.9 Å². The molecular weight excluding hydrogens is 234 g/mol. The van der Waals surface area contributed by atoms with Gasteiger partial charge in [0.2, 0.25) is 0 Å². The maximum absolute atomic E-state index is 12.4. The molecule has 1 aliphatic rings. The average molecular weight is 259 g/mol. The third-order valence-corrected chi connectivity index (χ3v) is 4.23. The number of rotatable bonds is 3. The van der Waals surface area contributed by atoms with Crippen molar-refractivity contribution in [3.63, 3.8) is 0 Å². The zero-order chi connectivity index (χ0) is 14.2. The fraction of sp³-hybridized carbons (Fsp3) is 0.588. The first kappa shape index (κ1) is 14.1. The van der Waals surface area contributed by atoms with Crippen LogP contribution in [0.3, 0.4) is 0 Å². The normalized spacial score (nSPS) is 17.1. The van der Waals surface area contributed by atoms with Gasteiger partial charge in [0.25, 0.3) is 5.91 Å². The summed E-state index contributed by atoms with van der Waals surface area (Å²) >= 11 is 0. The Labute approximate surface area is 116 Å². The number of benzene rings is 1. The monoisotopic (exact) mass is 259 g/mol. The summed E-state index contributed by atoms with van der Waals surface area (Å²) in [5.41, 5.74) is 2.19. The second-order valence-corrected chi connectivity index (χ2v) is 6.82. The summed E-state index contributed by atoms with van der Waals surface area (Å²) in [6.45, 7) is 8.71. The molecule has 2 heteroatoms. The highest BCUT2D eigenvalue weighted by atomic mass is 16.2. The lowest BCUT2D eigenvalue weighted by Crippen LogP contribution is -2.36. The summed E-state index contributed by atoms with van der Waals surface area (Å²) in [5.74, 6) is 0.850. The van der Waals surface area contributed by atoms with Gasteiger partial charge in [0.05, 0.1) is 0 Å². The molecule has 0 aliphatic heterocycles. The first-order valence-corrected chi connectivity index (χ1v) is 7.18. The number of hydrogen-bond acceptors (Lipinski definition) is 1. The molecule has 0 N–H and O–H groups in total. The zero-order valence-corrected chi connectivity index (χ0v) is 12.7. The van der Waals surface area contributed by atoms with E-state index in [9.17, 15) is 4.79 Å². The van der Waals surface area contributed by atoms with Crippen molar-refractivity contribution in [3.8, 4) is 0 Å². The topological polar surface area (TPSA) is 20.3 Å². The second-order valence-electron chi connectivity index (χ2n) is 6.82. The van der Waals surface area contributed by atoms with E-state index in [2.05, 4.69) is 39.8 Å². The minimum atomic E-state index is 0.134. The molecule has 104 valence electrons. The Morgan fingerprint density at radius 3 is 2.16 bits per heavy atom. The lowest BCUT2D eigenvalue weighted by Gasteiger charge is -2.25. The minimum Gasteiger partial charge on any atom is -0.339 e. The van der Waals surface area contributed by atoms with Crippen LogP contribution in [0.4, 0.5) is 0 Å². The van der Waals surface area contributed by atoms with Crippen LogP contribution in [-0.2, 0) is 5.41 Å². The van der Waals surface area contributed by atoms with Gasteiger partial charge in [0.15, 0.2) is 0 Å². The fourth-order valence-corrected chi connectivity index (χ4v) is 2.40. The van der Waals surface area contributed by atoms with Gasteiger partial charge >= 0.3 is 0 Å². The molecule has 1 atom stereocenters. The van der Waals surface area contributed by atoms with E-state index in [0.29, 0.717) is 12.0 Å². The molecule has 0 heterocycles. The van der Waals surface area contributed by atoms with E-state index < -0.39 is 0 Å². The third-order valence-electron chi connectivity index (χ3n) is 4.23. The smallest absolute Gasteiger partial charge is 0.253 e. The molecule has 0 bridgehead atoms. The number of hydrogen-bond donors (Lipinski definition) is 0. The molecule has 1 unspecified atom stereocenters. The van der Waals surface area contributed by atoms with E-state index in [1.165, 1.54) is 18.4 Å². The summed E-state index contributed by atoms with van der Waals surface area (Å²) in [7, 11) is 1.92. The van der Waals surface area contributed by atoms with Gasteiger partial charge in [-0.3, -0.25) is 4.79 Å². The zero-order valence-electron chi connectivity index (χ0n) is 12.7. The van der Waals surface area contributed by atoms with Crippen LogP contribution in [0, 0.1) is 5.92 Å². The number of amides is 1. The van der Waals surface area contributed by atoms with E-state index in [-0.39, 0.29) is 11.3 Å². The molecule has 1 fully saturated rings. The molecule has 2 rings (SSSR count). The Balaban J connectivity index is 2.11. The molecule has 1 saturated carbocycles. The number of nitrogens with zero attached hydrogens (tertiary/aromatic N) is 1. The van der Waals surface area contributed by atoms with E-state index >= 15 is 0 Å². The first-order valence-electron chi connectivity index (χ1n) is 7.18. The molecule has 0 radical (unpaired) electrons. The van der Waals surface area contributed by atoms with Crippen LogP contribution >= 0.6 is 0 Å². The first-order chi connectivity index (χ1) is 8.80. The van der Waals surface area contributed by atoms with Gasteiger partial charge < -0.3 is 4.90 Å². The lowest BCUT2D eigenvalue weighted by molar-refractivity contribution is 0.0727. The third kappa shape index (κ3) is 3.17. The van der Waals surface area contributed by atoms with E-state index in [4.69, 9.17) is 0 Å². The molecule has 1 aliphatic carbocycles. The van der Waals surface area contributed by atoms with Crippen molar-refractivity contribution in [2.75, 3.05) is 7.05 Å². The van der Waals surface area contributed by atoms with E-state index in [0.717, 1.165) is 5.56 Å². The molecule has 0 aromatic heterocycles. The Morgan fingerprint density at radius 1 is 1.21 bits per heavy atom. The standard InChI is InChI=1S/C17H25NO/c1-12(13-6-7-13)18(5)16(19)14-8-10-15(11-9-14)17(2,3)4/h8-13H,6-7H2,1-5H3. The van der Waals surface area contributed by atoms with Crippen LogP contribution < -0.4 is 0 Å². The van der Waals surface area contributed by atoms with Crippen LogP contribution in [0.25, 0.3) is 0 Å². The summed E-state index contributed by atoms with van der Waals surface area (Å²) in [5, 5.41) is 0. The average Bonchev–Trinajstić information content (AvgIpc) is 3.19. The Kier molecular flexibility index (Phi) is 3.71. The highest BCUT2D eigenvalue weighted by molar-refractivity contribution is 5.94. The van der Waals surface area contributed by atoms with Gasteiger partial charge in [0, 0.05) is 18.7 Å². The lowest BCUT2D eigenvalue weighted by atomic mass is 9.86. The van der Waals surface area contributed by atoms with Crippen molar-refractivity contribution in [3.05, 3.63) is 35.4 Å². The van der Waals surface area contributed by atoms with Crippen LogP contribution in [-0.4, -0.2) is 23.9 Å². The highest BCUT2D eigenvalue weighted by Crippen LogP contribution is 2.35. The summed E-state index contributed by atoms with van der Waals surface area (Å²) < 4.78 is 0. The van der Waals surface area contributed by atoms with Crippen LogP contribution in [0.2, 0.25) is 0 Å². The van der Waals surface area contributed by atoms with Gasteiger partial charge in [-0.2, -0.15) is 0 Å². The van der Waals surface area contributed by atoms with E-state index in [1.54, 1.807) is 0 Å². The number of carbonyl (C=O) groups is 1. The predicted octanol–water partition coefficient (Wildman–Crippen LogP) is 3.85. The predicted molar refractivity (Wildman–Crippen MR) is 79.4 cm³/mol. The van der Waals surface area contributed by atoms with Crippen molar-refractivity contribution < 1.29 is 4.79 Å². The molecule has 19 heavy (non-hydrogen) atoms. The van der Waals surface area contributed by atoms with Crippen LogP contribution in [0.15, 0.2) is 24.3 Å². The van der Waals surface area contributed by atoms with Gasteiger partial charge in [-0.05, 0) is 48.8 Å². The van der Waals surface area contributed by atoms with Gasteiger partial charge in [0.1, 0.15) is 0 Å². The molecule has 1 amide bonds. The Bertz CT molecular complexity index is 451. The quantitative estimate of drug-likeness (QED) is 0.807. The SMILES string of the molecule is CC(C1CC1)N(C)C(=O)c1ccc(C(C)(C)C)cc1. The maximum atomic E-state index is 12.4.